The standard InChI is InChI=1S/C40H55N3O4/c1-6-7-8-9-10-11-12-13-14-15-22-46-26-32(44)27-47-33-18-21-36(37(45)25-33)40-42-38(34-19-16-28(2)23-30(34)4)41-39(43-40)35-20-17-29(3)24-31(35)5/h16-21,23-25,32,40,44-45H,6-15,22,26-27H2,1-5H3,(H,41,42,43)/i/hD. The summed E-state index contributed by atoms with van der Waals surface area (Å²) in [6.07, 6.45) is 11.1. The molecule has 4 rings (SSSR count). The van der Waals surface area contributed by atoms with E-state index in [4.69, 9.17) is 20.9 Å². The van der Waals surface area contributed by atoms with Crippen molar-refractivity contribution in [2.75, 3.05) is 19.8 Å². The number of unbranched alkanes of at least 4 members (excludes halogenated alkanes) is 9. The largest absolute Gasteiger partial charge is 0.507 e. The first kappa shape index (κ1) is 34.6. The van der Waals surface area contributed by atoms with Crippen molar-refractivity contribution in [2.24, 2.45) is 9.98 Å². The molecule has 0 bridgehead atoms. The van der Waals surface area contributed by atoms with E-state index in [1.165, 1.54) is 62.7 Å². The second kappa shape index (κ2) is 18.6. The highest BCUT2D eigenvalue weighted by molar-refractivity contribution is 6.14. The molecule has 3 aromatic carbocycles. The Morgan fingerprint density at radius 3 is 2.02 bits per heavy atom. The van der Waals surface area contributed by atoms with Crippen LogP contribution >= 0.6 is 0 Å². The van der Waals surface area contributed by atoms with Gasteiger partial charge in [0.15, 0.2) is 13.4 Å². The number of hydrogen-bond donors (Lipinski definition) is 3. The van der Waals surface area contributed by atoms with Gasteiger partial charge in [-0.3, -0.25) is 0 Å². The Hall–Kier alpha value is -3.68. The summed E-state index contributed by atoms with van der Waals surface area (Å²) in [6.45, 7) is 11.3. The van der Waals surface area contributed by atoms with Crippen LogP contribution in [0, 0.1) is 27.7 Å². The number of benzene rings is 3. The van der Waals surface area contributed by atoms with E-state index < -0.39 is 12.3 Å². The number of aliphatic hydroxyl groups is 1. The van der Waals surface area contributed by atoms with Gasteiger partial charge in [-0.2, -0.15) is 0 Å². The zero-order chi connectivity index (χ0) is 34.5. The van der Waals surface area contributed by atoms with Gasteiger partial charge >= 0.3 is 0 Å². The van der Waals surface area contributed by atoms with Crippen molar-refractivity contribution in [1.29, 1.82) is 0 Å². The van der Waals surface area contributed by atoms with E-state index >= 15 is 0 Å². The zero-order valence-corrected chi connectivity index (χ0v) is 29.1. The van der Waals surface area contributed by atoms with Crippen LogP contribution in [0.2, 0.25) is 1.41 Å². The number of nitrogens with zero attached hydrogens (tertiary/aromatic N) is 2. The predicted octanol–water partition coefficient (Wildman–Crippen LogP) is 8.80. The van der Waals surface area contributed by atoms with E-state index in [1.54, 1.807) is 12.1 Å². The average molecular weight is 643 g/mol. The number of aromatic hydroxyl groups is 1. The zero-order valence-electron chi connectivity index (χ0n) is 30.1. The predicted molar refractivity (Wildman–Crippen MR) is 193 cm³/mol. The summed E-state index contributed by atoms with van der Waals surface area (Å²) in [5.74, 6) is 1.34. The van der Waals surface area contributed by atoms with Gasteiger partial charge < -0.3 is 25.0 Å². The van der Waals surface area contributed by atoms with Crippen LogP contribution in [0.1, 0.15) is 116 Å². The first-order chi connectivity index (χ1) is 23.2. The van der Waals surface area contributed by atoms with E-state index in [0.717, 1.165) is 46.2 Å². The lowest BCUT2D eigenvalue weighted by molar-refractivity contribution is 0.0109. The van der Waals surface area contributed by atoms with Crippen LogP contribution < -0.4 is 10.0 Å². The SMILES string of the molecule is [2H]N1C(c2ccc(C)cc2C)=NC(c2ccc(C)cc2C)=NC1c1ccc(OCC(O)COCCCCCCCCCCCC)cc1O. The molecule has 0 amide bonds. The van der Waals surface area contributed by atoms with Crippen molar-refractivity contribution >= 4 is 11.7 Å². The Labute approximate surface area is 283 Å². The fourth-order valence-corrected chi connectivity index (χ4v) is 5.93. The number of phenolic OH excluding ortho intramolecular Hbond substituents is 1. The monoisotopic (exact) mass is 642 g/mol. The van der Waals surface area contributed by atoms with Crippen LogP contribution in [0.4, 0.5) is 0 Å². The number of phenols is 1. The lowest BCUT2D eigenvalue weighted by Gasteiger charge is -2.25. The van der Waals surface area contributed by atoms with Crippen LogP contribution in [0.15, 0.2) is 64.6 Å². The molecule has 0 aromatic heterocycles. The Morgan fingerprint density at radius 2 is 1.40 bits per heavy atom. The van der Waals surface area contributed by atoms with E-state index in [1.807, 2.05) is 52.0 Å². The van der Waals surface area contributed by atoms with Crippen molar-refractivity contribution in [3.8, 4) is 11.5 Å². The molecule has 2 unspecified atom stereocenters. The average Bonchev–Trinajstić information content (AvgIpc) is 3.05. The number of hydrogen-bond acceptors (Lipinski definition) is 7. The normalized spacial score (nSPS) is 15.7. The molecule has 3 N–H and O–H groups in total. The number of nitrogens with one attached hydrogen (secondary N) is 1. The number of aliphatic hydroxyl groups excluding tert-OH is 1. The first-order valence-electron chi connectivity index (χ1n) is 17.9. The molecule has 7 heteroatoms. The van der Waals surface area contributed by atoms with Crippen LogP contribution in [-0.4, -0.2) is 47.8 Å². The molecule has 47 heavy (non-hydrogen) atoms. The summed E-state index contributed by atoms with van der Waals surface area (Å²) in [6, 6.07) is 17.2. The highest BCUT2D eigenvalue weighted by Crippen LogP contribution is 2.32. The molecule has 0 aliphatic carbocycles. The second-order valence-electron chi connectivity index (χ2n) is 13.0. The Balaban J connectivity index is 1.34. The third kappa shape index (κ3) is 11.2. The first-order valence-corrected chi connectivity index (χ1v) is 17.5. The summed E-state index contributed by atoms with van der Waals surface area (Å²) >= 11 is 0. The van der Waals surface area contributed by atoms with Gasteiger partial charge in [0.05, 0.1) is 6.61 Å². The molecule has 1 aliphatic heterocycles. The summed E-state index contributed by atoms with van der Waals surface area (Å²) in [5, 5.41) is 22.8. The molecule has 7 nitrogen and oxygen atoms in total. The van der Waals surface area contributed by atoms with Crippen LogP contribution in [-0.2, 0) is 4.74 Å². The van der Waals surface area contributed by atoms with Crippen molar-refractivity contribution in [3.63, 3.8) is 0 Å². The van der Waals surface area contributed by atoms with Crippen LogP contribution in [0.25, 0.3) is 0 Å². The van der Waals surface area contributed by atoms with Gasteiger partial charge in [-0.05, 0) is 57.4 Å². The lowest BCUT2D eigenvalue weighted by Crippen LogP contribution is -2.34. The number of aryl methyl sites for hydroxylation is 4. The molecule has 0 spiro atoms. The van der Waals surface area contributed by atoms with Crippen LogP contribution in [0.5, 0.6) is 11.5 Å². The fraction of sp³-hybridized carbons (Fsp3) is 0.500. The number of rotatable bonds is 19. The topological polar surface area (TPSA) is 95.7 Å². The Morgan fingerprint density at radius 1 is 0.787 bits per heavy atom. The van der Waals surface area contributed by atoms with Crippen molar-refractivity contribution in [2.45, 2.75) is 111 Å². The fourth-order valence-electron chi connectivity index (χ4n) is 5.93. The molecule has 2 atom stereocenters. The van der Waals surface area contributed by atoms with E-state index in [9.17, 15) is 10.2 Å². The maximum absolute atomic E-state index is 11.2. The number of ether oxygens (including phenoxy) is 2. The minimum Gasteiger partial charge on any atom is -0.507 e. The van der Waals surface area contributed by atoms with Crippen molar-refractivity contribution < 1.29 is 21.1 Å². The summed E-state index contributed by atoms with van der Waals surface area (Å²) in [4.78, 5) is 9.75. The summed E-state index contributed by atoms with van der Waals surface area (Å²) in [7, 11) is 0. The van der Waals surface area contributed by atoms with Crippen LogP contribution in [0.3, 0.4) is 0 Å². The molecule has 1 aliphatic rings. The van der Waals surface area contributed by atoms with E-state index in [2.05, 4.69) is 19.1 Å². The minimum atomic E-state index is -0.840. The molecule has 0 saturated carbocycles. The molecule has 0 fully saturated rings. The molecular weight excluding hydrogens is 586 g/mol. The Kier molecular flexibility index (Phi) is 13.7. The van der Waals surface area contributed by atoms with Gasteiger partial charge in [-0.25, -0.2) is 9.98 Å². The number of aliphatic imine (C=N–C) groups is 2. The second-order valence-corrected chi connectivity index (χ2v) is 13.0. The maximum atomic E-state index is 11.2. The van der Waals surface area contributed by atoms with Crippen molar-refractivity contribution in [1.82, 2.24) is 5.31 Å². The van der Waals surface area contributed by atoms with Gasteiger partial charge in [-0.1, -0.05) is 112 Å². The highest BCUT2D eigenvalue weighted by Gasteiger charge is 2.25. The van der Waals surface area contributed by atoms with Crippen molar-refractivity contribution in [3.05, 3.63) is 93.5 Å². The quantitative estimate of drug-likeness (QED) is 0.114. The number of amidine groups is 2. The molecule has 254 valence electrons. The third-order valence-corrected chi connectivity index (χ3v) is 8.62. The maximum Gasteiger partial charge on any atom is 0.164 e. The van der Waals surface area contributed by atoms with E-state index in [0.29, 0.717) is 29.6 Å². The molecule has 3 aromatic rings. The van der Waals surface area contributed by atoms with Gasteiger partial charge in [0.25, 0.3) is 0 Å². The molecule has 0 radical (unpaired) electrons. The van der Waals surface area contributed by atoms with Gasteiger partial charge in [-0.15, -0.1) is 0 Å². The highest BCUT2D eigenvalue weighted by atomic mass is 16.5. The molecular formula is C40H55N3O4. The lowest BCUT2D eigenvalue weighted by atomic mass is 10.0. The summed E-state index contributed by atoms with van der Waals surface area (Å²) in [5.41, 5.74) is 6.48. The van der Waals surface area contributed by atoms with E-state index in [-0.39, 0.29) is 19.0 Å². The smallest absolute Gasteiger partial charge is 0.164 e. The molecule has 1 heterocycles. The van der Waals surface area contributed by atoms with Gasteiger partial charge in [0.1, 0.15) is 30.0 Å². The summed E-state index contributed by atoms with van der Waals surface area (Å²) < 4.78 is 20.6. The van der Waals surface area contributed by atoms with Gasteiger partial charge in [0.2, 0.25) is 0 Å². The third-order valence-electron chi connectivity index (χ3n) is 8.62. The minimum absolute atomic E-state index is 0.0450. The van der Waals surface area contributed by atoms with Gasteiger partial charge in [0, 0.05) is 29.4 Å². The molecule has 0 saturated heterocycles. The Bertz CT molecular complexity index is 1540.